The van der Waals surface area contributed by atoms with E-state index in [4.69, 9.17) is 15.2 Å². The molecule has 1 aromatic rings. The predicted octanol–water partition coefficient (Wildman–Crippen LogP) is 2.36. The first-order valence-electron chi connectivity index (χ1n) is 10.5. The Balaban J connectivity index is 1.80. The van der Waals surface area contributed by atoms with Crippen LogP contribution in [-0.2, 0) is 16.1 Å². The summed E-state index contributed by atoms with van der Waals surface area (Å²) in [4.78, 5) is 51.5. The number of amides is 2. The lowest BCUT2D eigenvalue weighted by molar-refractivity contribution is 0.0244. The van der Waals surface area contributed by atoms with Crippen molar-refractivity contribution in [1.82, 2.24) is 24.4 Å². The van der Waals surface area contributed by atoms with E-state index in [1.807, 2.05) is 30.3 Å². The van der Waals surface area contributed by atoms with Crippen molar-refractivity contribution in [3.8, 4) is 11.5 Å². The molecule has 180 valence electrons. The highest BCUT2D eigenvalue weighted by Crippen LogP contribution is 2.24. The monoisotopic (exact) mass is 469 g/mol. The Hall–Kier alpha value is -4.06. The van der Waals surface area contributed by atoms with Crippen LogP contribution in [0.25, 0.3) is 11.5 Å². The van der Waals surface area contributed by atoms with Crippen LogP contribution in [-0.4, -0.2) is 67.7 Å². The van der Waals surface area contributed by atoms with Gasteiger partial charge in [-0.05, 0) is 26.3 Å². The number of rotatable bonds is 7. The van der Waals surface area contributed by atoms with Gasteiger partial charge in [-0.1, -0.05) is 30.3 Å². The molecule has 0 spiro atoms. The largest absolute Gasteiger partial charge is 0.444 e. The molecular formula is C22H27N7O5. The van der Waals surface area contributed by atoms with Crippen molar-refractivity contribution in [2.45, 2.75) is 33.0 Å². The Kier molecular flexibility index (Phi) is 7.74. The summed E-state index contributed by atoms with van der Waals surface area (Å²) in [5.41, 5.74) is 5.85. The highest BCUT2D eigenvalue weighted by atomic mass is 16.6. The number of nitrogens with zero attached hydrogens (tertiary/aromatic N) is 5. The molecule has 0 fully saturated rings. The van der Waals surface area contributed by atoms with Crippen molar-refractivity contribution in [2.75, 3.05) is 25.0 Å². The van der Waals surface area contributed by atoms with E-state index < -0.39 is 23.7 Å². The number of nitrogens with two attached hydrogens (primary N) is 1. The first kappa shape index (κ1) is 24.6. The van der Waals surface area contributed by atoms with Crippen LogP contribution in [0.1, 0.15) is 31.1 Å². The van der Waals surface area contributed by atoms with Crippen molar-refractivity contribution in [3.63, 3.8) is 0 Å². The summed E-state index contributed by atoms with van der Waals surface area (Å²) in [5, 5.41) is 2.54. The van der Waals surface area contributed by atoms with Crippen LogP contribution in [0.5, 0.6) is 0 Å². The summed E-state index contributed by atoms with van der Waals surface area (Å²) in [6.07, 6.45) is 0.966. The third-order valence-electron chi connectivity index (χ3n) is 4.42. The van der Waals surface area contributed by atoms with E-state index in [2.05, 4.69) is 20.3 Å². The zero-order valence-electron chi connectivity index (χ0n) is 19.2. The normalized spacial score (nSPS) is 11.2. The molecule has 2 amide bonds. The minimum atomic E-state index is -0.799. The van der Waals surface area contributed by atoms with E-state index in [1.54, 1.807) is 20.8 Å². The van der Waals surface area contributed by atoms with Crippen molar-refractivity contribution >= 4 is 23.9 Å². The van der Waals surface area contributed by atoms with Gasteiger partial charge in [0.05, 0.1) is 0 Å². The van der Waals surface area contributed by atoms with Crippen molar-refractivity contribution in [3.05, 3.63) is 48.5 Å². The molecule has 3 N–H and O–H groups in total. The fourth-order valence-electron chi connectivity index (χ4n) is 2.93. The molecule has 0 aliphatic carbocycles. The van der Waals surface area contributed by atoms with Gasteiger partial charge in [0.2, 0.25) is 0 Å². The number of hydrogen-bond acceptors (Lipinski definition) is 9. The van der Waals surface area contributed by atoms with Gasteiger partial charge in [0.15, 0.2) is 17.3 Å². The second kappa shape index (κ2) is 10.7. The molecule has 2 heterocycles. The number of carbonyl (C=O) groups is 3. The fourth-order valence-corrected chi connectivity index (χ4v) is 2.93. The third-order valence-corrected chi connectivity index (χ3v) is 4.42. The van der Waals surface area contributed by atoms with Gasteiger partial charge in [0.1, 0.15) is 31.4 Å². The quantitative estimate of drug-likeness (QED) is 0.530. The van der Waals surface area contributed by atoms with Crippen LogP contribution in [0.3, 0.4) is 0 Å². The highest BCUT2D eigenvalue weighted by Gasteiger charge is 2.27. The fraction of sp³-hybridized carbons (Fsp3) is 0.364. The molecule has 0 radical (unpaired) electrons. The smallest absolute Gasteiger partial charge is 0.413 e. The lowest BCUT2D eigenvalue weighted by atomic mass is 10.2. The summed E-state index contributed by atoms with van der Waals surface area (Å²) in [5.74, 6) is -0.328. The molecule has 0 aromatic heterocycles. The molecule has 3 rings (SSSR count). The Bertz CT molecular complexity index is 1110. The zero-order chi connectivity index (χ0) is 24.7. The van der Waals surface area contributed by atoms with Gasteiger partial charge in [-0.3, -0.25) is 19.6 Å². The maximum absolute atomic E-state index is 13.1. The molecule has 2 aliphatic heterocycles. The van der Waals surface area contributed by atoms with Crippen LogP contribution < -0.4 is 11.1 Å². The van der Waals surface area contributed by atoms with Crippen molar-refractivity contribution in [2.24, 2.45) is 5.73 Å². The Morgan fingerprint density at radius 3 is 2.53 bits per heavy atom. The Morgan fingerprint density at radius 2 is 1.85 bits per heavy atom. The number of fused-ring (bicyclic) bond motifs is 1. The summed E-state index contributed by atoms with van der Waals surface area (Å²) < 4.78 is 11.7. The van der Waals surface area contributed by atoms with Gasteiger partial charge < -0.3 is 15.2 Å². The molecule has 1 aromatic carbocycles. The molecule has 0 saturated heterocycles. The standard InChI is InChI=1S/C22H27N7O5/c1-22(2,3)34-21(32)28(10-9-23)11-16(30)29-14-26-18-17(24-13-25-18)19(29)27-20(31)33-12-15-7-5-4-6-8-15/h4-8,13-14H,9-12,23H2,1-3H3,(H,27,31). The number of aromatic nitrogens is 4. The topological polar surface area (TPSA) is 155 Å². The second-order valence-corrected chi connectivity index (χ2v) is 8.28. The molecule has 0 bridgehead atoms. The van der Waals surface area contributed by atoms with Gasteiger partial charge in [-0.2, -0.15) is 0 Å². The van der Waals surface area contributed by atoms with E-state index in [9.17, 15) is 14.4 Å². The van der Waals surface area contributed by atoms with E-state index >= 15 is 0 Å². The second-order valence-electron chi connectivity index (χ2n) is 8.28. The molecule has 12 nitrogen and oxygen atoms in total. The average molecular weight is 470 g/mol. The van der Waals surface area contributed by atoms with Crippen molar-refractivity contribution in [1.29, 1.82) is 0 Å². The van der Waals surface area contributed by atoms with Crippen LogP contribution in [0.15, 0.2) is 43.0 Å². The van der Waals surface area contributed by atoms with Gasteiger partial charge >= 0.3 is 12.2 Å². The number of hydrogen-bond donors (Lipinski definition) is 2. The maximum Gasteiger partial charge on any atom is 0.413 e. The Labute approximate surface area is 196 Å². The number of nitrogens with one attached hydrogen (secondary N) is 1. The zero-order valence-corrected chi connectivity index (χ0v) is 19.2. The molecular weight excluding hydrogens is 442 g/mol. The van der Waals surface area contributed by atoms with Gasteiger partial charge in [0.25, 0.3) is 5.91 Å². The molecule has 12 heteroatoms. The van der Waals surface area contributed by atoms with E-state index in [0.717, 1.165) is 10.1 Å². The number of imidazole rings is 1. The van der Waals surface area contributed by atoms with E-state index in [-0.39, 0.29) is 43.6 Å². The summed E-state index contributed by atoms with van der Waals surface area (Å²) in [7, 11) is 0. The summed E-state index contributed by atoms with van der Waals surface area (Å²) in [6.45, 7) is 5.04. The third kappa shape index (κ3) is 6.48. The minimum Gasteiger partial charge on any atom is -0.444 e. The van der Waals surface area contributed by atoms with Gasteiger partial charge in [-0.25, -0.2) is 24.5 Å². The SMILES string of the molecule is CC(C)(C)OC(=O)N(CCN)CC(=O)n1cnc2ncnc-2c1NC(=O)OCc1ccccc1. The summed E-state index contributed by atoms with van der Waals surface area (Å²) in [6, 6.07) is 9.13. The lowest BCUT2D eigenvalue weighted by Crippen LogP contribution is -2.43. The van der Waals surface area contributed by atoms with E-state index in [0.29, 0.717) is 0 Å². The van der Waals surface area contributed by atoms with Crippen molar-refractivity contribution < 1.29 is 23.9 Å². The molecule has 0 saturated carbocycles. The Morgan fingerprint density at radius 1 is 1.12 bits per heavy atom. The highest BCUT2D eigenvalue weighted by molar-refractivity contribution is 5.94. The first-order chi connectivity index (χ1) is 16.2. The van der Waals surface area contributed by atoms with E-state index in [1.165, 1.54) is 17.6 Å². The molecule has 34 heavy (non-hydrogen) atoms. The maximum atomic E-state index is 13.1. The molecule has 2 aliphatic rings. The number of benzene rings is 1. The molecule has 0 unspecified atom stereocenters. The van der Waals surface area contributed by atoms with Crippen LogP contribution in [0.4, 0.5) is 15.4 Å². The van der Waals surface area contributed by atoms with Crippen LogP contribution in [0.2, 0.25) is 0 Å². The van der Waals surface area contributed by atoms with Crippen LogP contribution >= 0.6 is 0 Å². The van der Waals surface area contributed by atoms with Gasteiger partial charge in [-0.15, -0.1) is 0 Å². The number of anilines is 1. The predicted molar refractivity (Wildman–Crippen MR) is 122 cm³/mol. The van der Waals surface area contributed by atoms with Gasteiger partial charge in [0, 0.05) is 13.1 Å². The lowest BCUT2D eigenvalue weighted by Gasteiger charge is -2.27. The average Bonchev–Trinajstić information content (AvgIpc) is 3.26. The first-order valence-corrected chi connectivity index (χ1v) is 10.5. The number of ether oxygens (including phenoxy) is 2. The minimum absolute atomic E-state index is 0.0162. The number of carbonyl (C=O) groups excluding carboxylic acids is 3. The summed E-state index contributed by atoms with van der Waals surface area (Å²) >= 11 is 0. The van der Waals surface area contributed by atoms with Crippen LogP contribution in [0, 0.1) is 0 Å². The molecule has 0 atom stereocenters.